The number of halogens is 3. The Bertz CT molecular complexity index is 1460. The number of nitrogens with one attached hydrogen (secondary N) is 1. The van der Waals surface area contributed by atoms with Crippen molar-refractivity contribution < 1.29 is 13.2 Å². The molecule has 34 heavy (non-hydrogen) atoms. The van der Waals surface area contributed by atoms with E-state index < -0.39 is 12.5 Å². The zero-order valence-electron chi connectivity index (χ0n) is 17.4. The third-order valence-corrected chi connectivity index (χ3v) is 5.30. The molecule has 0 saturated carbocycles. The first-order valence-corrected chi connectivity index (χ1v) is 10.4. The number of benzene rings is 1. The molecule has 1 N–H and O–H groups in total. The summed E-state index contributed by atoms with van der Waals surface area (Å²) in [5.41, 5.74) is 2.52. The van der Waals surface area contributed by atoms with Gasteiger partial charge in [0.25, 0.3) is 6.43 Å². The van der Waals surface area contributed by atoms with Gasteiger partial charge in [0, 0.05) is 34.6 Å². The highest BCUT2D eigenvalue weighted by Crippen LogP contribution is 2.33. The minimum atomic E-state index is -2.73. The summed E-state index contributed by atoms with van der Waals surface area (Å²) in [6.45, 7) is 4.12. The number of fused-ring (bicyclic) bond motifs is 1. The minimum absolute atomic E-state index is 0.138. The van der Waals surface area contributed by atoms with E-state index in [-0.39, 0.29) is 22.9 Å². The average Bonchev–Trinajstić information content (AvgIpc) is 3.53. The van der Waals surface area contributed by atoms with E-state index in [0.717, 1.165) is 0 Å². The molecule has 0 spiro atoms. The van der Waals surface area contributed by atoms with Gasteiger partial charge in [-0.05, 0) is 30.3 Å². The second-order valence-corrected chi connectivity index (χ2v) is 7.65. The van der Waals surface area contributed by atoms with Crippen LogP contribution in [0.3, 0.4) is 0 Å². The Labute approximate surface area is 197 Å². The zero-order chi connectivity index (χ0) is 23.7. The maximum absolute atomic E-state index is 13.8. The van der Waals surface area contributed by atoms with Crippen LogP contribution in [0, 0.1) is 0 Å². The van der Waals surface area contributed by atoms with Gasteiger partial charge in [-0.3, -0.25) is 4.98 Å². The van der Waals surface area contributed by atoms with Crippen molar-refractivity contribution in [1.82, 2.24) is 29.7 Å². The first kappa shape index (κ1) is 21.7. The van der Waals surface area contributed by atoms with Crippen LogP contribution in [0.5, 0.6) is 0 Å². The summed E-state index contributed by atoms with van der Waals surface area (Å²) in [4.78, 5) is 16.7. The molecular weight excluding hydrogens is 464 g/mol. The van der Waals surface area contributed by atoms with E-state index in [0.29, 0.717) is 27.4 Å². The number of hydrogen-bond acceptors (Lipinski definition) is 7. The number of hydrogen-bond donors (Lipinski definition) is 1. The molecule has 170 valence electrons. The summed E-state index contributed by atoms with van der Waals surface area (Å²) in [5, 5.41) is 7.40. The SMILES string of the molecule is C=C(c1nc2c(NC(c3ccccn3)C(F)F)nccc2o1)c1cc(Cl)ccc1-n1cncn1. The molecule has 0 aliphatic heterocycles. The quantitative estimate of drug-likeness (QED) is 0.337. The van der Waals surface area contributed by atoms with Crippen molar-refractivity contribution in [1.29, 1.82) is 0 Å². The van der Waals surface area contributed by atoms with E-state index in [1.54, 1.807) is 47.4 Å². The largest absolute Gasteiger partial charge is 0.436 e. The van der Waals surface area contributed by atoms with Gasteiger partial charge >= 0.3 is 0 Å². The molecule has 8 nitrogen and oxygen atoms in total. The number of alkyl halides is 2. The van der Waals surface area contributed by atoms with E-state index in [1.807, 2.05) is 0 Å². The second-order valence-electron chi connectivity index (χ2n) is 7.22. The van der Waals surface area contributed by atoms with Gasteiger partial charge in [-0.1, -0.05) is 24.2 Å². The lowest BCUT2D eigenvalue weighted by Crippen LogP contribution is -2.20. The van der Waals surface area contributed by atoms with Crippen molar-refractivity contribution >= 4 is 34.1 Å². The lowest BCUT2D eigenvalue weighted by Gasteiger charge is -2.17. The van der Waals surface area contributed by atoms with E-state index in [9.17, 15) is 8.78 Å². The third-order valence-electron chi connectivity index (χ3n) is 5.07. The Morgan fingerprint density at radius 2 is 2.00 bits per heavy atom. The van der Waals surface area contributed by atoms with Crippen molar-refractivity contribution in [3.05, 3.63) is 96.3 Å². The van der Waals surface area contributed by atoms with Crippen LogP contribution in [0.15, 0.2) is 78.5 Å². The van der Waals surface area contributed by atoms with E-state index in [4.69, 9.17) is 16.0 Å². The molecule has 0 amide bonds. The lowest BCUT2D eigenvalue weighted by molar-refractivity contribution is 0.123. The number of rotatable bonds is 7. The fraction of sp³-hybridized carbons (Fsp3) is 0.0870. The summed E-state index contributed by atoms with van der Waals surface area (Å²) in [6, 6.07) is 10.2. The normalized spacial score (nSPS) is 12.2. The van der Waals surface area contributed by atoms with Crippen molar-refractivity contribution in [2.45, 2.75) is 12.5 Å². The molecule has 1 aromatic carbocycles. The number of nitrogens with zero attached hydrogens (tertiary/aromatic N) is 6. The van der Waals surface area contributed by atoms with Crippen LogP contribution < -0.4 is 5.32 Å². The molecule has 0 fully saturated rings. The van der Waals surface area contributed by atoms with Gasteiger partial charge in [0.15, 0.2) is 16.9 Å². The van der Waals surface area contributed by atoms with Crippen molar-refractivity contribution in [3.63, 3.8) is 0 Å². The molecule has 0 saturated heterocycles. The highest BCUT2D eigenvalue weighted by Gasteiger charge is 2.26. The predicted octanol–water partition coefficient (Wildman–Crippen LogP) is 5.33. The Kier molecular flexibility index (Phi) is 5.72. The molecule has 11 heteroatoms. The van der Waals surface area contributed by atoms with Gasteiger partial charge in [0.1, 0.15) is 18.7 Å². The van der Waals surface area contributed by atoms with Crippen LogP contribution in [0.25, 0.3) is 22.4 Å². The van der Waals surface area contributed by atoms with E-state index in [2.05, 4.69) is 36.9 Å². The summed E-state index contributed by atoms with van der Waals surface area (Å²) >= 11 is 6.22. The molecule has 0 bridgehead atoms. The van der Waals surface area contributed by atoms with Gasteiger partial charge < -0.3 is 9.73 Å². The fourth-order valence-corrected chi connectivity index (χ4v) is 3.63. The highest BCUT2D eigenvalue weighted by molar-refractivity contribution is 6.30. The minimum Gasteiger partial charge on any atom is -0.436 e. The molecule has 5 rings (SSSR count). The lowest BCUT2D eigenvalue weighted by atomic mass is 10.1. The summed E-state index contributed by atoms with van der Waals surface area (Å²) in [7, 11) is 0. The average molecular weight is 480 g/mol. The van der Waals surface area contributed by atoms with Crippen LogP contribution >= 0.6 is 11.6 Å². The molecule has 5 aromatic rings. The Morgan fingerprint density at radius 1 is 1.12 bits per heavy atom. The Balaban J connectivity index is 1.54. The van der Waals surface area contributed by atoms with Crippen molar-refractivity contribution in [2.75, 3.05) is 5.32 Å². The molecule has 0 radical (unpaired) electrons. The fourth-order valence-electron chi connectivity index (χ4n) is 3.46. The molecule has 4 heterocycles. The van der Waals surface area contributed by atoms with Crippen LogP contribution in [0.1, 0.15) is 23.2 Å². The molecular formula is C23H16ClF2N7O. The highest BCUT2D eigenvalue weighted by atomic mass is 35.5. The third kappa shape index (κ3) is 4.11. The summed E-state index contributed by atoms with van der Waals surface area (Å²) in [5.74, 6) is 0.319. The van der Waals surface area contributed by atoms with Crippen LogP contribution in [-0.4, -0.2) is 36.1 Å². The maximum atomic E-state index is 13.8. The molecule has 1 unspecified atom stereocenters. The maximum Gasteiger partial charge on any atom is 0.264 e. The topological polar surface area (TPSA) is 94.6 Å². The first-order valence-electron chi connectivity index (χ1n) is 10.1. The van der Waals surface area contributed by atoms with Crippen LogP contribution in [0.2, 0.25) is 5.02 Å². The molecule has 4 aromatic heterocycles. The molecule has 1 atom stereocenters. The van der Waals surface area contributed by atoms with Gasteiger partial charge in [0.2, 0.25) is 5.89 Å². The van der Waals surface area contributed by atoms with Gasteiger partial charge in [0.05, 0.1) is 11.4 Å². The predicted molar refractivity (Wildman–Crippen MR) is 123 cm³/mol. The second kappa shape index (κ2) is 8.99. The monoisotopic (exact) mass is 479 g/mol. The first-order chi connectivity index (χ1) is 16.5. The van der Waals surface area contributed by atoms with Crippen LogP contribution in [-0.2, 0) is 0 Å². The van der Waals surface area contributed by atoms with Gasteiger partial charge in [-0.15, -0.1) is 0 Å². The Morgan fingerprint density at radius 3 is 2.74 bits per heavy atom. The molecule has 0 aliphatic carbocycles. The molecule has 0 aliphatic rings. The van der Waals surface area contributed by atoms with Gasteiger partial charge in [-0.2, -0.15) is 5.10 Å². The summed E-state index contributed by atoms with van der Waals surface area (Å²) in [6.07, 6.45) is 3.12. The number of aromatic nitrogens is 6. The van der Waals surface area contributed by atoms with Crippen molar-refractivity contribution in [3.8, 4) is 5.69 Å². The number of oxazole rings is 1. The standard InChI is InChI=1S/C23H16ClF2N7O/c1-13(15-10-14(24)5-6-17(15)33-12-27-11-30-33)23-32-20-18(34-23)7-9-29-22(20)31-19(21(25)26)16-4-2-3-8-28-16/h2-12,19,21H,1H2,(H,29,31). The number of anilines is 1. The zero-order valence-corrected chi connectivity index (χ0v) is 18.2. The van der Waals surface area contributed by atoms with E-state index in [1.165, 1.54) is 24.8 Å². The summed E-state index contributed by atoms with van der Waals surface area (Å²) < 4.78 is 35.1. The van der Waals surface area contributed by atoms with Gasteiger partial charge in [-0.25, -0.2) is 28.4 Å². The smallest absolute Gasteiger partial charge is 0.264 e. The van der Waals surface area contributed by atoms with Crippen LogP contribution in [0.4, 0.5) is 14.6 Å². The van der Waals surface area contributed by atoms with Crippen molar-refractivity contribution in [2.24, 2.45) is 0 Å². The van der Waals surface area contributed by atoms with E-state index >= 15 is 0 Å². The number of pyridine rings is 2. The Hall–Kier alpha value is -4.18.